The highest BCUT2D eigenvalue weighted by atomic mass is 32.2. The number of ether oxygens (including phenoxy) is 1. The fourth-order valence-corrected chi connectivity index (χ4v) is 6.67. The van der Waals surface area contributed by atoms with Gasteiger partial charge in [0.05, 0.1) is 5.75 Å². The number of rotatable bonds is 7. The average molecular weight is 534 g/mol. The van der Waals surface area contributed by atoms with Crippen LogP contribution in [0, 0.1) is 0 Å². The first-order valence-corrected chi connectivity index (χ1v) is 13.4. The molecule has 3 aromatic rings. The number of fused-ring (bicyclic) bond motifs is 1. The molecule has 2 amide bonds. The number of thioether (sulfide) groups is 1. The molecule has 2 fully saturated rings. The Balaban J connectivity index is 1.38. The second kappa shape index (κ2) is 10.8. The molecule has 5 rings (SSSR count). The molecule has 1 aromatic heterocycles. The molecule has 0 saturated carbocycles. The number of hydrogen-bond donors (Lipinski definition) is 0. The highest BCUT2D eigenvalue weighted by Gasteiger charge is 2.60. The van der Waals surface area contributed by atoms with Gasteiger partial charge in [-0.15, -0.1) is 11.8 Å². The summed E-state index contributed by atoms with van der Waals surface area (Å²) in [7, 11) is 0. The number of β-lactam (4-membered cyclic amide) rings is 1. The van der Waals surface area contributed by atoms with Crippen LogP contribution in [0.3, 0.4) is 0 Å². The number of ketones is 1. The molecule has 0 spiro atoms. The third kappa shape index (κ3) is 4.99. The zero-order valence-corrected chi connectivity index (χ0v) is 21.4. The van der Waals surface area contributed by atoms with E-state index >= 15 is 0 Å². The molecule has 2 aliphatic heterocycles. The first-order valence-electron chi connectivity index (χ1n) is 11.6. The Hall–Kier alpha value is -3.63. The van der Waals surface area contributed by atoms with Crippen molar-refractivity contribution in [2.45, 2.75) is 35.4 Å². The van der Waals surface area contributed by atoms with Gasteiger partial charge in [-0.05, 0) is 35.2 Å². The van der Waals surface area contributed by atoms with Gasteiger partial charge in [0.15, 0.2) is 24.0 Å². The van der Waals surface area contributed by atoms with Gasteiger partial charge in [0.2, 0.25) is 5.91 Å². The Bertz CT molecular complexity index is 1270. The van der Waals surface area contributed by atoms with Gasteiger partial charge in [-0.2, -0.15) is 0 Å². The van der Waals surface area contributed by atoms with Gasteiger partial charge in [-0.1, -0.05) is 60.7 Å². The fraction of sp³-hybridized carbons (Fsp3) is 0.222. The summed E-state index contributed by atoms with van der Waals surface area (Å²) < 4.78 is 7.32. The Labute approximate surface area is 222 Å². The zero-order chi connectivity index (χ0) is 25.9. The molecule has 3 atom stereocenters. The number of esters is 1. The maximum atomic E-state index is 13.5. The third-order valence-electron chi connectivity index (χ3n) is 6.11. The molecule has 1 unspecified atom stereocenters. The van der Waals surface area contributed by atoms with Crippen molar-refractivity contribution in [2.24, 2.45) is 0 Å². The van der Waals surface area contributed by atoms with Crippen molar-refractivity contribution in [2.75, 3.05) is 5.75 Å². The molecular formula is C27H23N3O5S2. The van der Waals surface area contributed by atoms with Crippen LogP contribution < -0.4 is 0 Å². The third-order valence-corrected chi connectivity index (χ3v) is 8.55. The topological polar surface area (TPSA) is 96.9 Å². The molecular weight excluding hydrogens is 510 g/mol. The quantitative estimate of drug-likeness (QED) is 0.197. The Morgan fingerprint density at radius 1 is 1.00 bits per heavy atom. The SMILES string of the molecule is CC(=O)N(Sc1ccncc1)[C@@H]1C(=O)N2C(C(=O)OC(c3ccccc3)c3ccccc3)C(=O)CS[C@@H]12. The van der Waals surface area contributed by atoms with Gasteiger partial charge >= 0.3 is 5.97 Å². The molecule has 0 radical (unpaired) electrons. The maximum absolute atomic E-state index is 13.5. The van der Waals surface area contributed by atoms with E-state index in [1.165, 1.54) is 27.9 Å². The second-order valence-electron chi connectivity index (χ2n) is 8.52. The van der Waals surface area contributed by atoms with Crippen LogP contribution in [0.5, 0.6) is 0 Å². The molecule has 0 N–H and O–H groups in total. The lowest BCUT2D eigenvalue weighted by Gasteiger charge is -2.53. The molecule has 10 heteroatoms. The van der Waals surface area contributed by atoms with Crippen LogP contribution in [0.1, 0.15) is 24.2 Å². The molecule has 2 aliphatic rings. The fourth-order valence-electron chi connectivity index (χ4n) is 4.37. The van der Waals surface area contributed by atoms with E-state index in [1.54, 1.807) is 24.5 Å². The lowest BCUT2D eigenvalue weighted by Crippen LogP contribution is -2.75. The summed E-state index contributed by atoms with van der Waals surface area (Å²) in [4.78, 5) is 58.2. The van der Waals surface area contributed by atoms with Crippen LogP contribution in [0.4, 0.5) is 0 Å². The standard InChI is InChI=1S/C27H23N3O5S2/c1-17(31)30(37-20-12-14-28-15-13-20)23-25(33)29-22(21(32)16-36-26(23)29)27(34)35-24(18-8-4-2-5-9-18)19-10-6-3-7-11-19/h2-15,22-24,26H,16H2,1H3/t22?,23-,26+/m1/s1. The average Bonchev–Trinajstić information content (AvgIpc) is 2.92. The minimum absolute atomic E-state index is 0.0394. The molecule has 0 aliphatic carbocycles. The highest BCUT2D eigenvalue weighted by Crippen LogP contribution is 2.43. The zero-order valence-electron chi connectivity index (χ0n) is 19.8. The van der Waals surface area contributed by atoms with E-state index in [9.17, 15) is 19.2 Å². The summed E-state index contributed by atoms with van der Waals surface area (Å²) in [6, 6.07) is 19.8. The Morgan fingerprint density at radius 2 is 1.59 bits per heavy atom. The van der Waals surface area contributed by atoms with Crippen molar-refractivity contribution in [3.8, 4) is 0 Å². The van der Waals surface area contributed by atoms with Crippen molar-refractivity contribution in [3.63, 3.8) is 0 Å². The summed E-state index contributed by atoms with van der Waals surface area (Å²) in [5.74, 6) is -1.90. The maximum Gasteiger partial charge on any atom is 0.337 e. The monoisotopic (exact) mass is 533 g/mol. The molecule has 2 aromatic carbocycles. The lowest BCUT2D eigenvalue weighted by atomic mass is 9.99. The van der Waals surface area contributed by atoms with E-state index in [1.807, 2.05) is 60.7 Å². The summed E-state index contributed by atoms with van der Waals surface area (Å²) in [5.41, 5.74) is 1.50. The van der Waals surface area contributed by atoms with E-state index in [4.69, 9.17) is 4.74 Å². The van der Waals surface area contributed by atoms with Crippen LogP contribution >= 0.6 is 23.7 Å². The molecule has 0 bridgehead atoms. The van der Waals surface area contributed by atoms with Gasteiger partial charge in [0, 0.05) is 24.2 Å². The number of Topliss-reactive ketones (excluding diaryl/α,β-unsaturated/α-hetero) is 1. The first-order chi connectivity index (χ1) is 18.0. The molecule has 2 saturated heterocycles. The van der Waals surface area contributed by atoms with Crippen LogP contribution in [-0.4, -0.2) is 61.0 Å². The number of hydrogen-bond acceptors (Lipinski definition) is 8. The lowest BCUT2D eigenvalue weighted by molar-refractivity contribution is -0.172. The van der Waals surface area contributed by atoms with Gasteiger partial charge in [-0.25, -0.2) is 4.79 Å². The number of pyridine rings is 1. The van der Waals surface area contributed by atoms with Crippen molar-refractivity contribution in [1.82, 2.24) is 14.2 Å². The summed E-state index contributed by atoms with van der Waals surface area (Å²) in [5, 5.41) is -0.534. The van der Waals surface area contributed by atoms with E-state index in [2.05, 4.69) is 4.98 Å². The van der Waals surface area contributed by atoms with Crippen LogP contribution in [-0.2, 0) is 23.9 Å². The number of nitrogens with zero attached hydrogens (tertiary/aromatic N) is 3. The molecule has 8 nitrogen and oxygen atoms in total. The summed E-state index contributed by atoms with van der Waals surface area (Å²) in [6.07, 6.45) is 2.47. The van der Waals surface area contributed by atoms with E-state index in [-0.39, 0.29) is 11.7 Å². The van der Waals surface area contributed by atoms with E-state index in [0.29, 0.717) is 0 Å². The van der Waals surface area contributed by atoms with Crippen LogP contribution in [0.25, 0.3) is 0 Å². The Kier molecular flexibility index (Phi) is 7.29. The minimum Gasteiger partial charge on any atom is -0.451 e. The van der Waals surface area contributed by atoms with Gasteiger partial charge in [0.25, 0.3) is 5.91 Å². The number of carbonyl (C=O) groups excluding carboxylic acids is 4. The van der Waals surface area contributed by atoms with Crippen molar-refractivity contribution >= 4 is 47.3 Å². The summed E-state index contributed by atoms with van der Waals surface area (Å²) >= 11 is 2.39. The smallest absolute Gasteiger partial charge is 0.337 e. The number of aromatic nitrogens is 1. The normalized spacial score (nSPS) is 20.7. The van der Waals surface area contributed by atoms with Crippen molar-refractivity contribution < 1.29 is 23.9 Å². The number of carbonyl (C=O) groups is 4. The predicted octanol–water partition coefficient (Wildman–Crippen LogP) is 3.49. The number of amides is 2. The van der Waals surface area contributed by atoms with Crippen molar-refractivity contribution in [3.05, 3.63) is 96.3 Å². The molecule has 37 heavy (non-hydrogen) atoms. The van der Waals surface area contributed by atoms with E-state index < -0.39 is 41.2 Å². The Morgan fingerprint density at radius 3 is 2.16 bits per heavy atom. The van der Waals surface area contributed by atoms with Crippen LogP contribution in [0.15, 0.2) is 90.1 Å². The first kappa shape index (κ1) is 25.0. The number of benzene rings is 2. The molecule has 3 heterocycles. The van der Waals surface area contributed by atoms with Crippen LogP contribution in [0.2, 0.25) is 0 Å². The van der Waals surface area contributed by atoms with Crippen molar-refractivity contribution in [1.29, 1.82) is 0 Å². The van der Waals surface area contributed by atoms with Gasteiger partial charge < -0.3 is 9.64 Å². The summed E-state index contributed by atoms with van der Waals surface area (Å²) in [6.45, 7) is 1.39. The van der Waals surface area contributed by atoms with Gasteiger partial charge in [-0.3, -0.25) is 23.7 Å². The highest BCUT2D eigenvalue weighted by molar-refractivity contribution is 8.01. The predicted molar refractivity (Wildman–Crippen MR) is 139 cm³/mol. The second-order valence-corrected chi connectivity index (χ2v) is 10.7. The minimum atomic E-state index is -1.36. The van der Waals surface area contributed by atoms with Gasteiger partial charge in [0.1, 0.15) is 5.37 Å². The largest absolute Gasteiger partial charge is 0.451 e. The van der Waals surface area contributed by atoms with E-state index in [0.717, 1.165) is 28.0 Å². The molecule has 188 valence electrons.